The third kappa shape index (κ3) is 12.5. The number of unbranched alkanes of at least 4 members (excludes halogenated alkanes) is 7. The van der Waals surface area contributed by atoms with Crippen LogP contribution in [0.1, 0.15) is 85.5 Å². The number of esters is 1. The van der Waals surface area contributed by atoms with E-state index in [1.54, 1.807) is 12.1 Å². The highest BCUT2D eigenvalue weighted by Gasteiger charge is 2.27. The number of hydrogen-bond donors (Lipinski definition) is 0. The zero-order valence-corrected chi connectivity index (χ0v) is 30.4. The Labute approximate surface area is 296 Å². The molecule has 0 aromatic heterocycles. The number of nitro benzene ring substituents is 1. The van der Waals surface area contributed by atoms with Crippen molar-refractivity contribution < 1.29 is 23.9 Å². The molecule has 0 spiro atoms. The Morgan fingerprint density at radius 1 is 0.740 bits per heavy atom. The van der Waals surface area contributed by atoms with E-state index in [2.05, 4.69) is 32.3 Å². The van der Waals surface area contributed by atoms with Crippen LogP contribution >= 0.6 is 0 Å². The molecule has 0 aliphatic carbocycles. The summed E-state index contributed by atoms with van der Waals surface area (Å²) in [6.45, 7) is 9.86. The molecule has 0 unspecified atom stereocenters. The Morgan fingerprint density at radius 3 is 1.72 bits per heavy atom. The fourth-order valence-corrected chi connectivity index (χ4v) is 5.01. The third-order valence-corrected chi connectivity index (χ3v) is 8.61. The predicted molar refractivity (Wildman–Crippen MR) is 197 cm³/mol. The molecule has 0 heterocycles. The van der Waals surface area contributed by atoms with Gasteiger partial charge in [-0.2, -0.15) is 10.2 Å². The fraction of sp³-hybridized carbons (Fsp3) is 0.500. The molecule has 0 saturated heterocycles. The predicted octanol–water partition coefficient (Wildman–Crippen LogP) is 11.4. The second-order valence-electron chi connectivity index (χ2n) is 12.7. The summed E-state index contributed by atoms with van der Waals surface area (Å²) in [7, 11) is 3.03. The summed E-state index contributed by atoms with van der Waals surface area (Å²) in [6, 6.07) is 16.9. The van der Waals surface area contributed by atoms with Gasteiger partial charge in [0.1, 0.15) is 29.5 Å². The van der Waals surface area contributed by atoms with Gasteiger partial charge in [-0.05, 0) is 63.1 Å². The molecule has 0 radical (unpaired) electrons. The summed E-state index contributed by atoms with van der Waals surface area (Å²) < 4.78 is 16.7. The van der Waals surface area contributed by atoms with Crippen LogP contribution in [-0.4, -0.2) is 44.8 Å². The summed E-state index contributed by atoms with van der Waals surface area (Å²) in [6.07, 6.45) is 10.6. The smallest absolute Gasteiger partial charge is 0.311 e. The molecule has 0 atom stereocenters. The maximum atomic E-state index is 12.6. The summed E-state index contributed by atoms with van der Waals surface area (Å²) >= 11 is 0. The molecule has 270 valence electrons. The van der Waals surface area contributed by atoms with Crippen LogP contribution in [0.2, 0.25) is 0 Å². The Kier molecular flexibility index (Phi) is 16.3. The first kappa shape index (κ1) is 39.6. The lowest BCUT2D eigenvalue weighted by Gasteiger charge is -2.26. The van der Waals surface area contributed by atoms with Crippen molar-refractivity contribution in [3.8, 4) is 11.5 Å². The van der Waals surface area contributed by atoms with Crippen LogP contribution in [0, 0.1) is 15.5 Å². The number of anilines is 1. The minimum Gasteiger partial charge on any atom is -0.494 e. The van der Waals surface area contributed by atoms with Gasteiger partial charge in [-0.3, -0.25) is 14.9 Å². The van der Waals surface area contributed by atoms with E-state index in [0.29, 0.717) is 47.4 Å². The number of nitrogens with zero attached hydrogens (tertiary/aromatic N) is 6. The average Bonchev–Trinajstić information content (AvgIpc) is 3.13. The number of non-ortho nitro benzene ring substituents is 1. The van der Waals surface area contributed by atoms with Gasteiger partial charge in [-0.15, -0.1) is 10.2 Å². The Morgan fingerprint density at radius 2 is 1.24 bits per heavy atom. The van der Waals surface area contributed by atoms with Gasteiger partial charge in [0.2, 0.25) is 0 Å². The second-order valence-corrected chi connectivity index (χ2v) is 12.7. The van der Waals surface area contributed by atoms with Gasteiger partial charge < -0.3 is 19.1 Å². The van der Waals surface area contributed by atoms with Gasteiger partial charge in [0.05, 0.1) is 42.5 Å². The zero-order chi connectivity index (χ0) is 36.4. The molecule has 12 heteroatoms. The van der Waals surface area contributed by atoms with Crippen LogP contribution in [0.5, 0.6) is 11.5 Å². The summed E-state index contributed by atoms with van der Waals surface area (Å²) in [5.74, 6) is 0.650. The van der Waals surface area contributed by atoms with Crippen LogP contribution in [0.4, 0.5) is 34.1 Å². The van der Waals surface area contributed by atoms with E-state index < -0.39 is 10.3 Å². The van der Waals surface area contributed by atoms with Gasteiger partial charge >= 0.3 is 5.97 Å². The van der Waals surface area contributed by atoms with Gasteiger partial charge in [-0.1, -0.05) is 58.8 Å². The number of azo groups is 2. The maximum absolute atomic E-state index is 12.6. The van der Waals surface area contributed by atoms with Crippen molar-refractivity contribution in [1.82, 2.24) is 0 Å². The molecular formula is C38H52N6O6. The third-order valence-electron chi connectivity index (χ3n) is 8.61. The van der Waals surface area contributed by atoms with Crippen LogP contribution in [0.3, 0.4) is 0 Å². The first-order chi connectivity index (χ1) is 24.1. The monoisotopic (exact) mass is 688 g/mol. The largest absolute Gasteiger partial charge is 0.494 e. The highest BCUT2D eigenvalue weighted by atomic mass is 16.6. The standard InChI is InChI=1S/C38H52N6O6/c1-7-9-10-11-12-13-14-15-24-43(25-26-50-37(45)38(3,4)8-2)31-20-16-29(17-21-31)39-41-33-27-36(49-6)34(28-35(33)48-5)42-40-30-18-22-32(23-19-30)44(46)47/h16-23,27-28H,7-15,24-26H2,1-6H3. The molecule has 0 fully saturated rings. The molecule has 3 aromatic rings. The lowest BCUT2D eigenvalue weighted by molar-refractivity contribution is -0.384. The van der Waals surface area contributed by atoms with Crippen molar-refractivity contribution in [2.45, 2.75) is 85.5 Å². The molecule has 50 heavy (non-hydrogen) atoms. The highest BCUT2D eigenvalue weighted by molar-refractivity contribution is 5.75. The highest BCUT2D eigenvalue weighted by Crippen LogP contribution is 2.41. The number of nitro groups is 1. The molecule has 0 amide bonds. The topological polar surface area (TPSA) is 141 Å². The molecule has 3 rings (SSSR count). The van der Waals surface area contributed by atoms with Crippen molar-refractivity contribution in [2.75, 3.05) is 38.8 Å². The minimum atomic E-state index is -0.498. The molecule has 12 nitrogen and oxygen atoms in total. The molecule has 0 saturated carbocycles. The van der Waals surface area contributed by atoms with Crippen LogP contribution in [-0.2, 0) is 9.53 Å². The zero-order valence-electron chi connectivity index (χ0n) is 30.4. The Balaban J connectivity index is 1.70. The molecule has 0 aliphatic rings. The number of hydrogen-bond acceptors (Lipinski definition) is 11. The molecule has 0 N–H and O–H groups in total. The number of carbonyl (C=O) groups excluding carboxylic acids is 1. The van der Waals surface area contributed by atoms with Crippen molar-refractivity contribution in [3.05, 3.63) is 70.8 Å². The maximum Gasteiger partial charge on any atom is 0.311 e. The van der Waals surface area contributed by atoms with Gasteiger partial charge in [0.15, 0.2) is 0 Å². The minimum absolute atomic E-state index is 0.0297. The van der Waals surface area contributed by atoms with Crippen LogP contribution < -0.4 is 14.4 Å². The SMILES string of the molecule is CCCCCCCCCCN(CCOC(=O)C(C)(C)CC)c1ccc(N=Nc2cc(OC)c(N=Nc3ccc([N+](=O)[O-])cc3)cc2OC)cc1. The summed E-state index contributed by atoms with van der Waals surface area (Å²) in [4.78, 5) is 25.3. The summed E-state index contributed by atoms with van der Waals surface area (Å²) in [5.41, 5.74) is 2.43. The lowest BCUT2D eigenvalue weighted by Crippen LogP contribution is -2.32. The number of ether oxygens (including phenoxy) is 3. The molecule has 3 aromatic carbocycles. The van der Waals surface area contributed by atoms with E-state index >= 15 is 0 Å². The van der Waals surface area contributed by atoms with Gasteiger partial charge in [0, 0.05) is 36.5 Å². The van der Waals surface area contributed by atoms with Crippen molar-refractivity contribution in [3.63, 3.8) is 0 Å². The first-order valence-corrected chi connectivity index (χ1v) is 17.5. The summed E-state index contributed by atoms with van der Waals surface area (Å²) in [5, 5.41) is 28.2. The molecule has 0 aliphatic heterocycles. The van der Waals surface area contributed by atoms with E-state index in [1.807, 2.05) is 45.0 Å². The number of rotatable bonds is 22. The molecule has 0 bridgehead atoms. The van der Waals surface area contributed by atoms with E-state index in [-0.39, 0.29) is 11.7 Å². The first-order valence-electron chi connectivity index (χ1n) is 17.5. The second kappa shape index (κ2) is 20.6. The van der Waals surface area contributed by atoms with Crippen LogP contribution in [0.25, 0.3) is 0 Å². The van der Waals surface area contributed by atoms with Crippen molar-refractivity contribution in [1.29, 1.82) is 0 Å². The Hall–Kier alpha value is -4.87. The van der Waals surface area contributed by atoms with E-state index in [1.165, 1.54) is 83.4 Å². The normalized spacial score (nSPS) is 11.6. The van der Waals surface area contributed by atoms with Gasteiger partial charge in [-0.25, -0.2) is 0 Å². The fourth-order valence-electron chi connectivity index (χ4n) is 5.01. The molecular weight excluding hydrogens is 636 g/mol. The Bertz CT molecular complexity index is 1560. The van der Waals surface area contributed by atoms with Gasteiger partial charge in [0.25, 0.3) is 5.69 Å². The van der Waals surface area contributed by atoms with Crippen LogP contribution in [0.15, 0.2) is 81.1 Å². The lowest BCUT2D eigenvalue weighted by atomic mass is 9.91. The van der Waals surface area contributed by atoms with Crippen molar-refractivity contribution >= 4 is 40.1 Å². The number of carbonyl (C=O) groups is 1. The van der Waals surface area contributed by atoms with E-state index in [0.717, 1.165) is 25.1 Å². The van der Waals surface area contributed by atoms with E-state index in [9.17, 15) is 14.9 Å². The van der Waals surface area contributed by atoms with E-state index in [4.69, 9.17) is 14.2 Å². The van der Waals surface area contributed by atoms with Crippen molar-refractivity contribution in [2.24, 2.45) is 25.9 Å². The quantitative estimate of drug-likeness (QED) is 0.0336. The number of benzene rings is 3. The number of methoxy groups -OCH3 is 2. The average molecular weight is 689 g/mol.